The van der Waals surface area contributed by atoms with E-state index in [-0.39, 0.29) is 20.1 Å². The number of rotatable bonds is 3. The molecule has 37 heavy (non-hydrogen) atoms. The first-order valence-electron chi connectivity index (χ1n) is 12.8. The molecule has 0 N–H and O–H groups in total. The molecule has 0 amide bonds. The van der Waals surface area contributed by atoms with Crippen molar-refractivity contribution in [3.05, 3.63) is 133 Å². The number of hydrogen-bond donors (Lipinski definition) is 0. The summed E-state index contributed by atoms with van der Waals surface area (Å²) in [6.07, 6.45) is 9.16. The standard InChI is InChI=1S/C23H20N.C11H8N.Ir/c1-2-4-16(5-3-1)19-12-13-24-23(15-19)20-10-11-21-17-6-8-18(9-7-17)22(21)14-20;1-2-6-10(7-3-1)11-8-4-5-9-12-11;/h1-5,11-15,17-18H,6-9H2;1-6,8-9H;/q2*-1;. The summed E-state index contributed by atoms with van der Waals surface area (Å²) < 4.78 is 0. The van der Waals surface area contributed by atoms with Crippen molar-refractivity contribution >= 4 is 0 Å². The van der Waals surface area contributed by atoms with Gasteiger partial charge >= 0.3 is 0 Å². The first-order valence-corrected chi connectivity index (χ1v) is 12.8. The molecule has 0 saturated heterocycles. The Balaban J connectivity index is 0.000000183. The fourth-order valence-electron chi connectivity index (χ4n) is 5.55. The molecule has 2 aromatic heterocycles. The van der Waals surface area contributed by atoms with Gasteiger partial charge in [0.1, 0.15) is 0 Å². The van der Waals surface area contributed by atoms with Gasteiger partial charge in [0, 0.05) is 32.5 Å². The van der Waals surface area contributed by atoms with Crippen LogP contribution in [0.2, 0.25) is 0 Å². The molecule has 2 nitrogen and oxygen atoms in total. The Bertz CT molecular complexity index is 1390. The third-order valence-corrected chi connectivity index (χ3v) is 7.42. The normalized spacial score (nSPS) is 17.1. The SMILES string of the molecule is [Ir].[c-]1cc2c(cc1-c1cc(-c3ccccc3)ccn1)C1CCC2CC1.[c-]1ccccc1-c1ccccn1. The maximum Gasteiger partial charge on any atom is 0.0166 e. The smallest absolute Gasteiger partial charge is 0.0166 e. The van der Waals surface area contributed by atoms with E-state index >= 15 is 0 Å². The van der Waals surface area contributed by atoms with E-state index in [1.807, 2.05) is 48.7 Å². The van der Waals surface area contributed by atoms with E-state index in [0.717, 1.165) is 34.4 Å². The summed E-state index contributed by atoms with van der Waals surface area (Å²) in [5, 5.41) is 0. The molecule has 1 saturated carbocycles. The molecule has 185 valence electrons. The van der Waals surface area contributed by atoms with Crippen molar-refractivity contribution < 1.29 is 20.1 Å². The largest absolute Gasteiger partial charge is 0.305 e. The Labute approximate surface area is 233 Å². The summed E-state index contributed by atoms with van der Waals surface area (Å²) >= 11 is 0. The van der Waals surface area contributed by atoms with Crippen molar-refractivity contribution in [2.24, 2.45) is 0 Å². The van der Waals surface area contributed by atoms with Crippen LogP contribution in [0.1, 0.15) is 48.6 Å². The maximum absolute atomic E-state index is 4.61. The molecule has 3 heteroatoms. The molecule has 1 fully saturated rings. The number of pyridine rings is 2. The minimum Gasteiger partial charge on any atom is -0.305 e. The number of aromatic nitrogens is 2. The average molecular weight is 657 g/mol. The molecule has 2 bridgehead atoms. The van der Waals surface area contributed by atoms with Gasteiger partial charge in [-0.15, -0.1) is 70.8 Å². The molecule has 2 heterocycles. The van der Waals surface area contributed by atoms with Crippen molar-refractivity contribution in [2.45, 2.75) is 37.5 Å². The minimum atomic E-state index is 0. The average Bonchev–Trinajstić information content (AvgIpc) is 2.99. The van der Waals surface area contributed by atoms with Gasteiger partial charge < -0.3 is 9.97 Å². The monoisotopic (exact) mass is 657 g/mol. The zero-order valence-corrected chi connectivity index (χ0v) is 23.0. The molecule has 5 aromatic rings. The molecule has 0 spiro atoms. The van der Waals surface area contributed by atoms with Crippen molar-refractivity contribution in [3.63, 3.8) is 0 Å². The molecule has 0 atom stereocenters. The van der Waals surface area contributed by atoms with Gasteiger partial charge in [0.05, 0.1) is 0 Å². The van der Waals surface area contributed by atoms with Gasteiger partial charge in [0.2, 0.25) is 0 Å². The van der Waals surface area contributed by atoms with E-state index in [1.165, 1.54) is 36.8 Å². The van der Waals surface area contributed by atoms with Crippen LogP contribution >= 0.6 is 0 Å². The van der Waals surface area contributed by atoms with Crippen molar-refractivity contribution in [1.82, 2.24) is 9.97 Å². The van der Waals surface area contributed by atoms with Crippen molar-refractivity contribution in [3.8, 4) is 33.6 Å². The van der Waals surface area contributed by atoms with E-state index in [2.05, 4.69) is 76.7 Å². The molecule has 3 aliphatic rings. The predicted molar refractivity (Wildman–Crippen MR) is 146 cm³/mol. The molecule has 3 aliphatic carbocycles. The number of nitrogens with zero attached hydrogens (tertiary/aromatic N) is 2. The van der Waals surface area contributed by atoms with Gasteiger partial charge in [-0.05, 0) is 53.4 Å². The second-order valence-electron chi connectivity index (χ2n) is 9.59. The second-order valence-corrected chi connectivity index (χ2v) is 9.59. The Morgan fingerprint density at radius 1 is 0.568 bits per heavy atom. The Hall–Kier alpha value is -3.39. The fraction of sp³-hybridized carbons (Fsp3) is 0.176. The van der Waals surface area contributed by atoms with E-state index in [0.29, 0.717) is 0 Å². The number of fused-ring (bicyclic) bond motifs is 2. The molecule has 8 rings (SSSR count). The summed E-state index contributed by atoms with van der Waals surface area (Å²) in [7, 11) is 0. The van der Waals surface area contributed by atoms with Crippen molar-refractivity contribution in [1.29, 1.82) is 0 Å². The Morgan fingerprint density at radius 2 is 1.30 bits per heavy atom. The van der Waals surface area contributed by atoms with Crippen LogP contribution in [0.4, 0.5) is 0 Å². The second kappa shape index (κ2) is 11.8. The zero-order chi connectivity index (χ0) is 24.2. The van der Waals surface area contributed by atoms with Crippen LogP contribution in [0.3, 0.4) is 0 Å². The summed E-state index contributed by atoms with van der Waals surface area (Å²) in [6.45, 7) is 0. The van der Waals surface area contributed by atoms with E-state index in [1.54, 1.807) is 17.3 Å². The Morgan fingerprint density at radius 3 is 2.03 bits per heavy atom. The first-order chi connectivity index (χ1) is 17.8. The third-order valence-electron chi connectivity index (χ3n) is 7.42. The molecular weight excluding hydrogens is 629 g/mol. The van der Waals surface area contributed by atoms with Crippen LogP contribution in [0.5, 0.6) is 0 Å². The van der Waals surface area contributed by atoms with Gasteiger partial charge in [0.25, 0.3) is 0 Å². The van der Waals surface area contributed by atoms with Crippen LogP contribution in [0, 0.1) is 12.1 Å². The predicted octanol–water partition coefficient (Wildman–Crippen LogP) is 8.52. The van der Waals surface area contributed by atoms with Gasteiger partial charge in [0.15, 0.2) is 0 Å². The quantitative estimate of drug-likeness (QED) is 0.182. The molecular formula is C34H28IrN2-2. The molecule has 1 radical (unpaired) electrons. The van der Waals surface area contributed by atoms with Crippen LogP contribution in [-0.2, 0) is 20.1 Å². The van der Waals surface area contributed by atoms with Gasteiger partial charge in [-0.25, -0.2) is 0 Å². The van der Waals surface area contributed by atoms with E-state index < -0.39 is 0 Å². The van der Waals surface area contributed by atoms with E-state index in [9.17, 15) is 0 Å². The molecule has 0 unspecified atom stereocenters. The van der Waals surface area contributed by atoms with E-state index in [4.69, 9.17) is 0 Å². The number of hydrogen-bond acceptors (Lipinski definition) is 2. The summed E-state index contributed by atoms with van der Waals surface area (Å²) in [5.41, 5.74) is 9.75. The summed E-state index contributed by atoms with van der Waals surface area (Å²) in [5.74, 6) is 1.54. The first kappa shape index (κ1) is 25.3. The minimum absolute atomic E-state index is 0. The fourth-order valence-corrected chi connectivity index (χ4v) is 5.55. The van der Waals surface area contributed by atoms with Crippen LogP contribution < -0.4 is 0 Å². The number of benzene rings is 3. The van der Waals surface area contributed by atoms with Crippen molar-refractivity contribution in [2.75, 3.05) is 0 Å². The van der Waals surface area contributed by atoms with Crippen LogP contribution in [0.15, 0.2) is 109 Å². The Kier molecular flexibility index (Phi) is 8.04. The van der Waals surface area contributed by atoms with Crippen LogP contribution in [0.25, 0.3) is 33.6 Å². The third kappa shape index (κ3) is 5.64. The van der Waals surface area contributed by atoms with Gasteiger partial charge in [-0.1, -0.05) is 67.3 Å². The summed E-state index contributed by atoms with van der Waals surface area (Å²) in [6, 6.07) is 39.7. The molecule has 0 aliphatic heterocycles. The maximum atomic E-state index is 4.61. The zero-order valence-electron chi connectivity index (χ0n) is 20.6. The van der Waals surface area contributed by atoms with Crippen LogP contribution in [-0.4, -0.2) is 9.97 Å². The van der Waals surface area contributed by atoms with Gasteiger partial charge in [-0.3, -0.25) is 0 Å². The topological polar surface area (TPSA) is 25.8 Å². The summed E-state index contributed by atoms with van der Waals surface area (Å²) in [4.78, 5) is 8.83. The van der Waals surface area contributed by atoms with Gasteiger partial charge in [-0.2, -0.15) is 0 Å². The molecule has 3 aromatic carbocycles.